The van der Waals surface area contributed by atoms with Crippen LogP contribution in [0.15, 0.2) is 79.6 Å². The van der Waals surface area contributed by atoms with Crippen molar-refractivity contribution in [3.63, 3.8) is 0 Å². The summed E-state index contributed by atoms with van der Waals surface area (Å²) in [5.41, 5.74) is 2.63. The first-order chi connectivity index (χ1) is 10.4. The maximum Gasteiger partial charge on any atom is 0.222 e. The number of hydrogen-bond acceptors (Lipinski definition) is 0. The van der Waals surface area contributed by atoms with Gasteiger partial charge in [-0.15, -0.1) is 6.58 Å². The maximum atomic E-state index is 3.94. The molecule has 0 bridgehead atoms. The fourth-order valence-electron chi connectivity index (χ4n) is 3.17. The van der Waals surface area contributed by atoms with Gasteiger partial charge >= 0.3 is 0 Å². The summed E-state index contributed by atoms with van der Waals surface area (Å²) in [6.45, 7) is 3.94. The molecular weight excluding hydrogens is 254 g/mol. The summed E-state index contributed by atoms with van der Waals surface area (Å²) in [6, 6.07) is 19.3. The first kappa shape index (κ1) is 12.1. The van der Waals surface area contributed by atoms with Gasteiger partial charge in [-0.2, -0.15) is 4.40 Å². The summed E-state index contributed by atoms with van der Waals surface area (Å²) in [6.07, 6.45) is 7.22. The van der Waals surface area contributed by atoms with Gasteiger partial charge in [0.1, 0.15) is 0 Å². The predicted octanol–water partition coefficient (Wildman–Crippen LogP) is 4.46. The van der Waals surface area contributed by atoms with Crippen LogP contribution < -0.4 is 4.40 Å². The third-order valence-corrected chi connectivity index (χ3v) is 4.09. The fraction of sp³-hybridized carbons (Fsp3) is 0.0500. The van der Waals surface area contributed by atoms with Crippen molar-refractivity contribution in [3.8, 4) is 0 Å². The minimum absolute atomic E-state index is 0.874. The number of allylic oxidation sites excluding steroid dienone is 1. The van der Waals surface area contributed by atoms with E-state index in [9.17, 15) is 0 Å². The molecule has 4 rings (SSSR count). The van der Waals surface area contributed by atoms with E-state index in [1.54, 1.807) is 0 Å². The van der Waals surface area contributed by atoms with Crippen molar-refractivity contribution in [1.29, 1.82) is 0 Å². The molecule has 0 fully saturated rings. The van der Waals surface area contributed by atoms with Gasteiger partial charge in [0, 0.05) is 17.0 Å². The Bertz CT molecular complexity index is 983. The molecule has 2 heterocycles. The van der Waals surface area contributed by atoms with E-state index in [4.69, 9.17) is 0 Å². The molecule has 0 spiro atoms. The van der Waals surface area contributed by atoms with Crippen LogP contribution in [0.2, 0.25) is 0 Å². The number of rotatable bonds is 2. The molecule has 0 unspecified atom stereocenters. The lowest BCUT2D eigenvalue weighted by atomic mass is 9.99. The largest absolute Gasteiger partial charge is 0.222 e. The summed E-state index contributed by atoms with van der Waals surface area (Å²) in [5, 5.41) is 5.15. The van der Waals surface area contributed by atoms with Crippen LogP contribution in [0.4, 0.5) is 0 Å². The zero-order chi connectivity index (χ0) is 14.2. The molecule has 0 radical (unpaired) electrons. The molecule has 2 aromatic carbocycles. The number of fused-ring (bicyclic) bond motifs is 4. The van der Waals surface area contributed by atoms with Gasteiger partial charge in [-0.1, -0.05) is 42.5 Å². The molecule has 4 aromatic rings. The highest BCUT2D eigenvalue weighted by Crippen LogP contribution is 2.26. The second kappa shape index (κ2) is 4.71. The number of aromatic nitrogens is 1. The normalized spacial score (nSPS) is 11.2. The van der Waals surface area contributed by atoms with Crippen LogP contribution in [-0.2, 0) is 6.42 Å². The standard InChI is InChI=1S/C20H16N/c1-2-7-19-17-10-5-4-9-16(17)14-21-13-12-15-8-3-6-11-18(15)20(19)21/h2-6,8-14H,1,7H2/q+1. The van der Waals surface area contributed by atoms with E-state index >= 15 is 0 Å². The SMILES string of the molecule is C=CCc1c2ccccc2c[n+]2ccc3ccccc3c12. The monoisotopic (exact) mass is 270 g/mol. The highest BCUT2D eigenvalue weighted by Gasteiger charge is 2.16. The number of nitrogens with zero attached hydrogens (tertiary/aromatic N) is 1. The molecule has 0 saturated heterocycles. The predicted molar refractivity (Wildman–Crippen MR) is 88.5 cm³/mol. The van der Waals surface area contributed by atoms with Gasteiger partial charge in [0.25, 0.3) is 0 Å². The quantitative estimate of drug-likeness (QED) is 0.219. The minimum atomic E-state index is 0.874. The lowest BCUT2D eigenvalue weighted by Gasteiger charge is -2.07. The van der Waals surface area contributed by atoms with Gasteiger partial charge < -0.3 is 0 Å². The first-order valence-electron chi connectivity index (χ1n) is 7.23. The Morgan fingerprint density at radius 1 is 0.857 bits per heavy atom. The lowest BCUT2D eigenvalue weighted by Crippen LogP contribution is -2.22. The Balaban J connectivity index is 2.30. The molecule has 100 valence electrons. The lowest BCUT2D eigenvalue weighted by molar-refractivity contribution is -0.509. The summed E-state index contributed by atoms with van der Waals surface area (Å²) >= 11 is 0. The average molecular weight is 270 g/mol. The molecule has 0 aliphatic carbocycles. The van der Waals surface area contributed by atoms with Crippen molar-refractivity contribution in [3.05, 3.63) is 85.2 Å². The molecule has 1 heteroatoms. The van der Waals surface area contributed by atoms with Crippen LogP contribution in [0.25, 0.3) is 27.1 Å². The summed E-state index contributed by atoms with van der Waals surface area (Å²) in [4.78, 5) is 0. The molecule has 2 aromatic heterocycles. The molecule has 0 saturated carbocycles. The van der Waals surface area contributed by atoms with Crippen LogP contribution in [0.1, 0.15) is 5.56 Å². The van der Waals surface area contributed by atoms with Gasteiger partial charge in [0.15, 0.2) is 12.4 Å². The Hall–Kier alpha value is -2.67. The van der Waals surface area contributed by atoms with E-state index in [0.29, 0.717) is 0 Å². The van der Waals surface area contributed by atoms with E-state index in [2.05, 4.69) is 78.0 Å². The molecular formula is C20H16N+. The molecule has 0 aliphatic heterocycles. The number of benzene rings is 2. The van der Waals surface area contributed by atoms with Crippen molar-refractivity contribution in [2.24, 2.45) is 0 Å². The first-order valence-corrected chi connectivity index (χ1v) is 7.23. The Morgan fingerprint density at radius 2 is 1.57 bits per heavy atom. The summed E-state index contributed by atoms with van der Waals surface area (Å²) in [5.74, 6) is 0. The Labute approximate surface area is 123 Å². The Kier molecular flexibility index (Phi) is 2.71. The second-order valence-corrected chi connectivity index (χ2v) is 5.35. The zero-order valence-corrected chi connectivity index (χ0v) is 11.8. The van der Waals surface area contributed by atoms with E-state index in [1.807, 2.05) is 6.08 Å². The summed E-state index contributed by atoms with van der Waals surface area (Å²) in [7, 11) is 0. The fourth-order valence-corrected chi connectivity index (χ4v) is 3.17. The van der Waals surface area contributed by atoms with Gasteiger partial charge in [-0.3, -0.25) is 0 Å². The second-order valence-electron chi connectivity index (χ2n) is 5.35. The molecule has 0 amide bonds. The van der Waals surface area contributed by atoms with Gasteiger partial charge in [-0.25, -0.2) is 0 Å². The van der Waals surface area contributed by atoms with E-state index in [-0.39, 0.29) is 0 Å². The van der Waals surface area contributed by atoms with Gasteiger partial charge in [-0.05, 0) is 29.3 Å². The highest BCUT2D eigenvalue weighted by atomic mass is 14.8. The van der Waals surface area contributed by atoms with Gasteiger partial charge in [0.2, 0.25) is 5.52 Å². The summed E-state index contributed by atoms with van der Waals surface area (Å²) < 4.78 is 2.24. The van der Waals surface area contributed by atoms with Crippen molar-refractivity contribution in [2.75, 3.05) is 0 Å². The van der Waals surface area contributed by atoms with E-state index < -0.39 is 0 Å². The smallest absolute Gasteiger partial charge is 0.166 e. The molecule has 21 heavy (non-hydrogen) atoms. The Morgan fingerprint density at radius 3 is 2.38 bits per heavy atom. The molecule has 0 atom stereocenters. The molecule has 1 nitrogen and oxygen atoms in total. The number of pyridine rings is 2. The average Bonchev–Trinajstić information content (AvgIpc) is 2.54. The third-order valence-electron chi connectivity index (χ3n) is 4.09. The van der Waals surface area contributed by atoms with Crippen LogP contribution in [0.5, 0.6) is 0 Å². The van der Waals surface area contributed by atoms with Crippen LogP contribution in [0, 0.1) is 0 Å². The topological polar surface area (TPSA) is 4.10 Å². The highest BCUT2D eigenvalue weighted by molar-refractivity contribution is 6.00. The van der Waals surface area contributed by atoms with Crippen molar-refractivity contribution in [1.82, 2.24) is 0 Å². The van der Waals surface area contributed by atoms with Crippen molar-refractivity contribution < 1.29 is 4.40 Å². The van der Waals surface area contributed by atoms with Crippen molar-refractivity contribution in [2.45, 2.75) is 6.42 Å². The minimum Gasteiger partial charge on any atom is -0.166 e. The zero-order valence-electron chi connectivity index (χ0n) is 11.8. The maximum absolute atomic E-state index is 3.94. The molecule has 0 aliphatic rings. The van der Waals surface area contributed by atoms with E-state index in [0.717, 1.165) is 6.42 Å². The molecule has 0 N–H and O–H groups in total. The number of hydrogen-bond donors (Lipinski definition) is 0. The van der Waals surface area contributed by atoms with Crippen molar-refractivity contribution >= 4 is 27.1 Å². The van der Waals surface area contributed by atoms with Crippen LogP contribution in [0.3, 0.4) is 0 Å². The van der Waals surface area contributed by atoms with Crippen LogP contribution in [-0.4, -0.2) is 0 Å². The van der Waals surface area contributed by atoms with Crippen LogP contribution >= 0.6 is 0 Å². The van der Waals surface area contributed by atoms with Gasteiger partial charge in [0.05, 0.1) is 5.39 Å². The third kappa shape index (κ3) is 1.82. The van der Waals surface area contributed by atoms with E-state index in [1.165, 1.54) is 32.6 Å².